The molecule has 3 heterocycles. The van der Waals surface area contributed by atoms with Crippen LogP contribution in [0.5, 0.6) is 0 Å². The van der Waals surface area contributed by atoms with Crippen LogP contribution >= 0.6 is 11.3 Å². The fourth-order valence-corrected chi connectivity index (χ4v) is 4.52. The zero-order chi connectivity index (χ0) is 21.0. The third-order valence-corrected chi connectivity index (χ3v) is 6.16. The van der Waals surface area contributed by atoms with E-state index in [1.165, 1.54) is 4.80 Å². The number of benzene rings is 2. The minimum absolute atomic E-state index is 0.0303. The summed E-state index contributed by atoms with van der Waals surface area (Å²) in [6.45, 7) is 1.59. The molecule has 156 valence electrons. The summed E-state index contributed by atoms with van der Waals surface area (Å²) in [4.78, 5) is 21.4. The molecule has 1 amide bonds. The molecule has 1 aliphatic heterocycles. The summed E-state index contributed by atoms with van der Waals surface area (Å²) < 4.78 is 5.74. The monoisotopic (exact) mass is 431 g/mol. The third kappa shape index (κ3) is 4.12. The van der Waals surface area contributed by atoms with Gasteiger partial charge in [-0.25, -0.2) is 4.98 Å². The van der Waals surface area contributed by atoms with E-state index in [0.717, 1.165) is 16.1 Å². The predicted octanol–water partition coefficient (Wildman–Crippen LogP) is 3.47. The molecule has 1 saturated heterocycles. The fraction of sp³-hybridized carbons (Fsp3) is 0.217. The van der Waals surface area contributed by atoms with Crippen LogP contribution in [0.1, 0.15) is 15.9 Å². The lowest BCUT2D eigenvalue weighted by atomic mass is 10.0. The molecule has 7 nitrogen and oxygen atoms in total. The number of hydrogen-bond acceptors (Lipinski definition) is 6. The van der Waals surface area contributed by atoms with Gasteiger partial charge in [-0.15, -0.1) is 11.3 Å². The van der Waals surface area contributed by atoms with Gasteiger partial charge in [-0.1, -0.05) is 30.3 Å². The first-order chi connectivity index (χ1) is 15.3. The van der Waals surface area contributed by atoms with Gasteiger partial charge in [0.15, 0.2) is 0 Å². The molecule has 31 heavy (non-hydrogen) atoms. The topological polar surface area (TPSA) is 73.1 Å². The molecule has 8 heteroatoms. The van der Waals surface area contributed by atoms with Gasteiger partial charge in [-0.2, -0.15) is 15.0 Å². The first-order valence-electron chi connectivity index (χ1n) is 10.1. The molecule has 0 saturated carbocycles. The number of amides is 1. The second kappa shape index (κ2) is 8.79. The number of nitrogens with zero attached hydrogens (tertiary/aromatic N) is 5. The number of ether oxygens (including phenoxy) is 1. The van der Waals surface area contributed by atoms with Crippen molar-refractivity contribution in [1.29, 1.82) is 0 Å². The van der Waals surface area contributed by atoms with Crippen LogP contribution in [0.25, 0.3) is 16.3 Å². The van der Waals surface area contributed by atoms with Gasteiger partial charge in [-0.3, -0.25) is 4.79 Å². The Morgan fingerprint density at radius 1 is 1.10 bits per heavy atom. The lowest BCUT2D eigenvalue weighted by Gasteiger charge is -2.36. The highest BCUT2D eigenvalue weighted by Crippen LogP contribution is 2.25. The van der Waals surface area contributed by atoms with Gasteiger partial charge >= 0.3 is 0 Å². The van der Waals surface area contributed by atoms with E-state index in [1.807, 2.05) is 46.8 Å². The zero-order valence-electron chi connectivity index (χ0n) is 16.8. The Morgan fingerprint density at radius 2 is 1.97 bits per heavy atom. The second-order valence-electron chi connectivity index (χ2n) is 7.30. The van der Waals surface area contributed by atoms with E-state index in [0.29, 0.717) is 37.4 Å². The Balaban J connectivity index is 1.41. The maximum Gasteiger partial charge on any atom is 0.256 e. The average Bonchev–Trinajstić information content (AvgIpc) is 3.54. The first kappa shape index (κ1) is 19.6. The van der Waals surface area contributed by atoms with Gasteiger partial charge in [0.1, 0.15) is 5.01 Å². The van der Waals surface area contributed by atoms with Crippen molar-refractivity contribution in [3.8, 4) is 16.3 Å². The van der Waals surface area contributed by atoms with E-state index in [1.54, 1.807) is 23.7 Å². The van der Waals surface area contributed by atoms with Crippen molar-refractivity contribution >= 4 is 17.2 Å². The van der Waals surface area contributed by atoms with Gasteiger partial charge in [0.25, 0.3) is 5.91 Å². The summed E-state index contributed by atoms with van der Waals surface area (Å²) in [5.74, 6) is -0.0303. The summed E-state index contributed by atoms with van der Waals surface area (Å²) in [6, 6.07) is 15.7. The van der Waals surface area contributed by atoms with Crippen LogP contribution in [0, 0.1) is 0 Å². The Morgan fingerprint density at radius 3 is 2.81 bits per heavy atom. The molecule has 0 aliphatic carbocycles. The minimum atomic E-state index is -0.0496. The molecule has 0 bridgehead atoms. The van der Waals surface area contributed by atoms with E-state index in [9.17, 15) is 4.79 Å². The number of carbonyl (C=O) groups is 1. The highest BCUT2D eigenvalue weighted by molar-refractivity contribution is 7.13. The lowest BCUT2D eigenvalue weighted by Crippen LogP contribution is -2.50. The molecule has 0 radical (unpaired) electrons. The second-order valence-corrected chi connectivity index (χ2v) is 8.20. The number of para-hydroxylation sites is 1. The molecule has 2 aromatic carbocycles. The van der Waals surface area contributed by atoms with Crippen molar-refractivity contribution in [3.63, 3.8) is 0 Å². The molecular formula is C23H21N5O2S. The standard InChI is InChI=1S/C23H21N5O2S/c29-23(20-6-1-2-7-21(20)28-25-8-9-26-28)27-11-12-30-16-19(27)15-17-4-3-5-18(14-17)22-24-10-13-31-22/h1-10,13-14,19H,11-12,15-16H2. The van der Waals surface area contributed by atoms with Crippen LogP contribution in [0.2, 0.25) is 0 Å². The molecule has 1 fully saturated rings. The third-order valence-electron chi connectivity index (χ3n) is 5.33. The van der Waals surface area contributed by atoms with Gasteiger partial charge in [-0.05, 0) is 30.2 Å². The fourth-order valence-electron chi connectivity index (χ4n) is 3.88. The zero-order valence-corrected chi connectivity index (χ0v) is 17.6. The van der Waals surface area contributed by atoms with Gasteiger partial charge < -0.3 is 9.64 Å². The van der Waals surface area contributed by atoms with Gasteiger partial charge in [0.05, 0.1) is 42.9 Å². The van der Waals surface area contributed by atoms with Gasteiger partial charge in [0, 0.05) is 23.7 Å². The summed E-state index contributed by atoms with van der Waals surface area (Å²) in [5.41, 5.74) is 3.51. The van der Waals surface area contributed by atoms with Crippen LogP contribution in [-0.4, -0.2) is 56.6 Å². The Bertz CT molecular complexity index is 1160. The van der Waals surface area contributed by atoms with Crippen molar-refractivity contribution in [3.05, 3.63) is 83.6 Å². The highest BCUT2D eigenvalue weighted by Gasteiger charge is 2.30. The Labute approximate surface area is 183 Å². The first-order valence-corrected chi connectivity index (χ1v) is 11.0. The van der Waals surface area contributed by atoms with E-state index in [4.69, 9.17) is 4.74 Å². The predicted molar refractivity (Wildman–Crippen MR) is 118 cm³/mol. The van der Waals surface area contributed by atoms with E-state index in [2.05, 4.69) is 33.4 Å². The maximum atomic E-state index is 13.6. The van der Waals surface area contributed by atoms with Crippen LogP contribution in [0.4, 0.5) is 0 Å². The van der Waals surface area contributed by atoms with Gasteiger partial charge in [0.2, 0.25) is 0 Å². The van der Waals surface area contributed by atoms with Crippen LogP contribution in [-0.2, 0) is 11.2 Å². The molecule has 0 spiro atoms. The van der Waals surface area contributed by atoms with Crippen molar-refractivity contribution < 1.29 is 9.53 Å². The van der Waals surface area contributed by atoms with Crippen LogP contribution in [0.3, 0.4) is 0 Å². The number of carbonyl (C=O) groups excluding carboxylic acids is 1. The molecule has 0 N–H and O–H groups in total. The van der Waals surface area contributed by atoms with Crippen molar-refractivity contribution in [2.75, 3.05) is 19.8 Å². The smallest absolute Gasteiger partial charge is 0.256 e. The van der Waals surface area contributed by atoms with Crippen LogP contribution in [0.15, 0.2) is 72.5 Å². The Hall–Kier alpha value is -3.36. The van der Waals surface area contributed by atoms with Crippen molar-refractivity contribution in [2.24, 2.45) is 0 Å². The van der Waals surface area contributed by atoms with E-state index in [-0.39, 0.29) is 11.9 Å². The summed E-state index contributed by atoms with van der Waals surface area (Å²) in [7, 11) is 0. The molecule has 1 atom stereocenters. The minimum Gasteiger partial charge on any atom is -0.377 e. The largest absolute Gasteiger partial charge is 0.377 e. The highest BCUT2D eigenvalue weighted by atomic mass is 32.1. The number of hydrogen-bond donors (Lipinski definition) is 0. The normalized spacial score (nSPS) is 16.4. The van der Waals surface area contributed by atoms with Crippen molar-refractivity contribution in [1.82, 2.24) is 24.9 Å². The molecular weight excluding hydrogens is 410 g/mol. The number of rotatable bonds is 5. The number of aromatic nitrogens is 4. The van der Waals surface area contributed by atoms with Crippen molar-refractivity contribution in [2.45, 2.75) is 12.5 Å². The van der Waals surface area contributed by atoms with E-state index >= 15 is 0 Å². The molecule has 2 aromatic heterocycles. The molecule has 5 rings (SSSR count). The summed E-state index contributed by atoms with van der Waals surface area (Å²) >= 11 is 1.62. The summed E-state index contributed by atoms with van der Waals surface area (Å²) in [5, 5.41) is 11.4. The SMILES string of the molecule is O=C(c1ccccc1-n1nccn1)N1CCOCC1Cc1cccc(-c2nccs2)c1. The summed E-state index contributed by atoms with van der Waals surface area (Å²) in [6.07, 6.45) is 5.74. The van der Waals surface area contributed by atoms with Crippen LogP contribution < -0.4 is 0 Å². The van der Waals surface area contributed by atoms with E-state index < -0.39 is 0 Å². The number of thiazole rings is 1. The average molecular weight is 432 g/mol. The molecule has 1 aliphatic rings. The Kier molecular flexibility index (Phi) is 5.56. The quantitative estimate of drug-likeness (QED) is 0.484. The number of morpholine rings is 1. The molecule has 1 unspecified atom stereocenters. The maximum absolute atomic E-state index is 13.6. The molecule has 4 aromatic rings. The lowest BCUT2D eigenvalue weighted by molar-refractivity contribution is -0.00164.